The van der Waals surface area contributed by atoms with Gasteiger partial charge in [0, 0.05) is 12.2 Å². The number of aryl methyl sites for hydroxylation is 1. The van der Waals surface area contributed by atoms with Gasteiger partial charge in [0.05, 0.1) is 12.9 Å². The van der Waals surface area contributed by atoms with Gasteiger partial charge >= 0.3 is 0 Å². The first kappa shape index (κ1) is 23.4. The predicted octanol–water partition coefficient (Wildman–Crippen LogP) is 4.96. The van der Waals surface area contributed by atoms with E-state index in [1.165, 1.54) is 11.8 Å². The van der Waals surface area contributed by atoms with Crippen molar-refractivity contribution >= 4 is 23.4 Å². The summed E-state index contributed by atoms with van der Waals surface area (Å²) < 4.78 is 13.1. The molecule has 0 fully saturated rings. The lowest BCUT2D eigenvalue weighted by Gasteiger charge is -2.16. The Kier molecular flexibility index (Phi) is 7.94. The quantitative estimate of drug-likeness (QED) is 0.346. The number of hydrogen-bond donors (Lipinski definition) is 1. The molecule has 0 saturated heterocycles. The van der Waals surface area contributed by atoms with Crippen molar-refractivity contribution < 1.29 is 14.3 Å². The van der Waals surface area contributed by atoms with Gasteiger partial charge < -0.3 is 14.8 Å². The van der Waals surface area contributed by atoms with Crippen LogP contribution in [0.5, 0.6) is 11.5 Å². The number of benzene rings is 2. The molecule has 0 aliphatic heterocycles. The van der Waals surface area contributed by atoms with Crippen LogP contribution in [0.15, 0.2) is 60.3 Å². The molecular formula is C24H28N4O3S. The standard InChI is InChI=1S/C24H28N4O3S/c1-6-14-28-23(18(4)31-20-12-10-19(30-5)11-13-20)26-27-24(28)32-15-22(29)25-21-9-7-8-16(2)17(21)3/h6-13,18H,1,14-15H2,2-5H3,(H,25,29). The van der Waals surface area contributed by atoms with Crippen LogP contribution in [0.4, 0.5) is 5.69 Å². The molecule has 8 heteroatoms. The number of allylic oxidation sites excluding steroid dienone is 1. The van der Waals surface area contributed by atoms with Gasteiger partial charge in [0.25, 0.3) is 0 Å². The Balaban J connectivity index is 1.67. The third-order valence-corrected chi connectivity index (χ3v) is 5.97. The van der Waals surface area contributed by atoms with Gasteiger partial charge in [0.15, 0.2) is 17.1 Å². The minimum Gasteiger partial charge on any atom is -0.497 e. The van der Waals surface area contributed by atoms with Crippen LogP contribution >= 0.6 is 11.8 Å². The third-order valence-electron chi connectivity index (χ3n) is 5.00. The normalized spacial score (nSPS) is 11.6. The molecule has 0 aliphatic rings. The molecule has 1 unspecified atom stereocenters. The molecule has 2 aromatic carbocycles. The molecule has 1 amide bonds. The number of thioether (sulfide) groups is 1. The van der Waals surface area contributed by atoms with E-state index >= 15 is 0 Å². The number of methoxy groups -OCH3 is 1. The van der Waals surface area contributed by atoms with E-state index in [0.29, 0.717) is 23.3 Å². The van der Waals surface area contributed by atoms with Crippen LogP contribution in [0.2, 0.25) is 0 Å². The number of anilines is 1. The van der Waals surface area contributed by atoms with Gasteiger partial charge in [0.2, 0.25) is 5.91 Å². The highest BCUT2D eigenvalue weighted by molar-refractivity contribution is 7.99. The zero-order valence-electron chi connectivity index (χ0n) is 18.8. The van der Waals surface area contributed by atoms with E-state index in [4.69, 9.17) is 9.47 Å². The monoisotopic (exact) mass is 452 g/mol. The van der Waals surface area contributed by atoms with Crippen molar-refractivity contribution in [3.63, 3.8) is 0 Å². The van der Waals surface area contributed by atoms with E-state index in [1.54, 1.807) is 13.2 Å². The summed E-state index contributed by atoms with van der Waals surface area (Å²) in [7, 11) is 1.62. The number of nitrogens with one attached hydrogen (secondary N) is 1. The molecule has 1 N–H and O–H groups in total. The van der Waals surface area contributed by atoms with E-state index in [1.807, 2.05) is 67.8 Å². The van der Waals surface area contributed by atoms with Crippen molar-refractivity contribution in [2.45, 2.75) is 38.6 Å². The van der Waals surface area contributed by atoms with Gasteiger partial charge in [-0.3, -0.25) is 9.36 Å². The summed E-state index contributed by atoms with van der Waals surface area (Å²) in [6.07, 6.45) is 1.43. The van der Waals surface area contributed by atoms with E-state index in [9.17, 15) is 4.79 Å². The second-order valence-corrected chi connectivity index (χ2v) is 8.20. The fourth-order valence-corrected chi connectivity index (χ4v) is 3.88. The molecule has 1 heterocycles. The zero-order valence-corrected chi connectivity index (χ0v) is 19.6. The zero-order chi connectivity index (χ0) is 23.1. The average molecular weight is 453 g/mol. The molecule has 0 aliphatic carbocycles. The van der Waals surface area contributed by atoms with Crippen molar-refractivity contribution in [3.8, 4) is 11.5 Å². The molecule has 0 radical (unpaired) electrons. The molecule has 168 valence electrons. The average Bonchev–Trinajstić information content (AvgIpc) is 3.19. The van der Waals surface area contributed by atoms with Crippen LogP contribution in [0, 0.1) is 13.8 Å². The van der Waals surface area contributed by atoms with Gasteiger partial charge in [-0.2, -0.15) is 0 Å². The molecular weight excluding hydrogens is 424 g/mol. The van der Waals surface area contributed by atoms with E-state index < -0.39 is 0 Å². The van der Waals surface area contributed by atoms with Crippen LogP contribution in [0.3, 0.4) is 0 Å². The van der Waals surface area contributed by atoms with Crippen LogP contribution in [-0.4, -0.2) is 33.5 Å². The van der Waals surface area contributed by atoms with Crippen molar-refractivity contribution in [2.24, 2.45) is 0 Å². The molecule has 7 nitrogen and oxygen atoms in total. The van der Waals surface area contributed by atoms with Crippen molar-refractivity contribution in [2.75, 3.05) is 18.2 Å². The van der Waals surface area contributed by atoms with Crippen LogP contribution in [-0.2, 0) is 11.3 Å². The highest BCUT2D eigenvalue weighted by atomic mass is 32.2. The Morgan fingerprint density at radius 3 is 2.59 bits per heavy atom. The fraction of sp³-hybridized carbons (Fsp3) is 0.292. The van der Waals surface area contributed by atoms with Crippen molar-refractivity contribution in [3.05, 3.63) is 72.1 Å². The summed E-state index contributed by atoms with van der Waals surface area (Å²) in [4.78, 5) is 12.5. The smallest absolute Gasteiger partial charge is 0.234 e. The van der Waals surface area contributed by atoms with Gasteiger partial charge in [-0.15, -0.1) is 16.8 Å². The fourth-order valence-electron chi connectivity index (χ4n) is 3.12. The van der Waals surface area contributed by atoms with Gasteiger partial charge in [-0.25, -0.2) is 0 Å². The third kappa shape index (κ3) is 5.70. The lowest BCUT2D eigenvalue weighted by molar-refractivity contribution is -0.113. The summed E-state index contributed by atoms with van der Waals surface area (Å²) >= 11 is 1.33. The number of ether oxygens (including phenoxy) is 2. The van der Waals surface area contributed by atoms with Crippen LogP contribution < -0.4 is 14.8 Å². The van der Waals surface area contributed by atoms with E-state index in [2.05, 4.69) is 22.1 Å². The second kappa shape index (κ2) is 10.9. The van der Waals surface area contributed by atoms with Crippen LogP contribution in [0.25, 0.3) is 0 Å². The first-order valence-electron chi connectivity index (χ1n) is 10.3. The molecule has 3 rings (SSSR count). The van der Waals surface area contributed by atoms with Crippen LogP contribution in [0.1, 0.15) is 30.0 Å². The SMILES string of the molecule is C=CCn1c(SCC(=O)Nc2cccc(C)c2C)nnc1C(C)Oc1ccc(OC)cc1. The summed E-state index contributed by atoms with van der Waals surface area (Å²) in [6.45, 7) is 10.3. The number of nitrogens with zero attached hydrogens (tertiary/aromatic N) is 3. The van der Waals surface area contributed by atoms with Gasteiger partial charge in [-0.1, -0.05) is 30.0 Å². The highest BCUT2D eigenvalue weighted by Crippen LogP contribution is 2.26. The van der Waals surface area contributed by atoms with Crippen molar-refractivity contribution in [1.29, 1.82) is 0 Å². The summed E-state index contributed by atoms with van der Waals surface area (Å²) in [5.74, 6) is 2.25. The number of rotatable bonds is 10. The van der Waals surface area contributed by atoms with Gasteiger partial charge in [0.1, 0.15) is 11.5 Å². The molecule has 0 saturated carbocycles. The number of carbonyl (C=O) groups excluding carboxylic acids is 1. The second-order valence-electron chi connectivity index (χ2n) is 7.26. The lowest BCUT2D eigenvalue weighted by Crippen LogP contribution is -2.16. The molecule has 32 heavy (non-hydrogen) atoms. The summed E-state index contributed by atoms with van der Waals surface area (Å²) in [6, 6.07) is 13.2. The summed E-state index contributed by atoms with van der Waals surface area (Å²) in [5, 5.41) is 12.2. The minimum absolute atomic E-state index is 0.0964. The molecule has 3 aromatic rings. The maximum absolute atomic E-state index is 12.5. The minimum atomic E-state index is -0.339. The highest BCUT2D eigenvalue weighted by Gasteiger charge is 2.20. The number of hydrogen-bond acceptors (Lipinski definition) is 6. The maximum atomic E-state index is 12.5. The largest absolute Gasteiger partial charge is 0.497 e. The number of carbonyl (C=O) groups is 1. The number of aromatic nitrogens is 3. The maximum Gasteiger partial charge on any atom is 0.234 e. The molecule has 1 atom stereocenters. The molecule has 1 aromatic heterocycles. The number of amides is 1. The Hall–Kier alpha value is -3.26. The Morgan fingerprint density at radius 1 is 1.19 bits per heavy atom. The van der Waals surface area contributed by atoms with Crippen molar-refractivity contribution in [1.82, 2.24) is 14.8 Å². The Morgan fingerprint density at radius 2 is 1.91 bits per heavy atom. The molecule has 0 spiro atoms. The Bertz CT molecular complexity index is 1080. The lowest BCUT2D eigenvalue weighted by atomic mass is 10.1. The van der Waals surface area contributed by atoms with E-state index in [-0.39, 0.29) is 17.8 Å². The first-order chi connectivity index (χ1) is 15.4. The van der Waals surface area contributed by atoms with Gasteiger partial charge in [-0.05, 0) is 62.2 Å². The van der Waals surface area contributed by atoms with E-state index in [0.717, 1.165) is 22.6 Å². The predicted molar refractivity (Wildman–Crippen MR) is 128 cm³/mol. The molecule has 0 bridgehead atoms. The Labute approximate surface area is 192 Å². The summed E-state index contributed by atoms with van der Waals surface area (Å²) in [5.41, 5.74) is 3.02. The topological polar surface area (TPSA) is 78.3 Å². The first-order valence-corrected chi connectivity index (χ1v) is 11.2.